The van der Waals surface area contributed by atoms with Crippen molar-refractivity contribution in [3.05, 3.63) is 40.1 Å². The van der Waals surface area contributed by atoms with Gasteiger partial charge in [0.25, 0.3) is 5.91 Å². The molecular formula is C14H14N2O2S. The van der Waals surface area contributed by atoms with Crippen molar-refractivity contribution < 1.29 is 9.53 Å². The third kappa shape index (κ3) is 2.29. The summed E-state index contributed by atoms with van der Waals surface area (Å²) in [6.45, 7) is 0.964. The Morgan fingerprint density at radius 2 is 2.32 bits per heavy atom. The van der Waals surface area contributed by atoms with Crippen LogP contribution in [0.25, 0.3) is 0 Å². The Morgan fingerprint density at radius 3 is 3.16 bits per heavy atom. The van der Waals surface area contributed by atoms with Crippen LogP contribution in [0.2, 0.25) is 0 Å². The molecule has 1 aromatic carbocycles. The molecule has 2 aromatic rings. The highest BCUT2D eigenvalue weighted by Gasteiger charge is 2.15. The second-order valence-corrected chi connectivity index (χ2v) is 5.24. The Hall–Kier alpha value is -2.01. The standard InChI is InChI=1S/C14H14N2O2S/c1-18-12-5-7-19-13(12)14(17)16-10-2-3-11-9(8-10)4-6-15-11/h2-3,5,7-8,15H,4,6H2,1H3,(H,16,17). The van der Waals surface area contributed by atoms with E-state index in [9.17, 15) is 4.79 Å². The number of nitrogens with one attached hydrogen (secondary N) is 2. The number of rotatable bonds is 3. The lowest BCUT2D eigenvalue weighted by Crippen LogP contribution is -2.11. The fourth-order valence-electron chi connectivity index (χ4n) is 2.19. The van der Waals surface area contributed by atoms with Crippen LogP contribution in [0.15, 0.2) is 29.6 Å². The van der Waals surface area contributed by atoms with Crippen molar-refractivity contribution in [3.63, 3.8) is 0 Å². The Bertz CT molecular complexity index is 622. The van der Waals surface area contributed by atoms with Gasteiger partial charge in [-0.1, -0.05) is 0 Å². The molecule has 19 heavy (non-hydrogen) atoms. The highest BCUT2D eigenvalue weighted by Crippen LogP contribution is 2.28. The van der Waals surface area contributed by atoms with Gasteiger partial charge in [0.1, 0.15) is 10.6 Å². The molecule has 2 heterocycles. The predicted octanol–water partition coefficient (Wildman–Crippen LogP) is 2.98. The van der Waals surface area contributed by atoms with Crippen molar-refractivity contribution in [1.82, 2.24) is 0 Å². The summed E-state index contributed by atoms with van der Waals surface area (Å²) in [5.74, 6) is 0.489. The number of anilines is 2. The van der Waals surface area contributed by atoms with Crippen LogP contribution in [0.4, 0.5) is 11.4 Å². The molecule has 5 heteroatoms. The minimum atomic E-state index is -0.127. The van der Waals surface area contributed by atoms with Gasteiger partial charge in [0.05, 0.1) is 7.11 Å². The maximum atomic E-state index is 12.2. The van der Waals surface area contributed by atoms with Gasteiger partial charge in [-0.25, -0.2) is 0 Å². The molecule has 1 amide bonds. The lowest BCUT2D eigenvalue weighted by Gasteiger charge is -2.07. The molecule has 0 bridgehead atoms. The first-order valence-corrected chi connectivity index (χ1v) is 6.95. The van der Waals surface area contributed by atoms with E-state index in [1.54, 1.807) is 13.2 Å². The number of methoxy groups -OCH3 is 1. The Morgan fingerprint density at radius 1 is 1.42 bits per heavy atom. The molecule has 0 aliphatic carbocycles. The maximum Gasteiger partial charge on any atom is 0.269 e. The molecule has 0 unspecified atom stereocenters. The summed E-state index contributed by atoms with van der Waals surface area (Å²) in [5, 5.41) is 8.06. The molecule has 0 radical (unpaired) electrons. The van der Waals surface area contributed by atoms with E-state index in [0.717, 1.165) is 24.3 Å². The van der Waals surface area contributed by atoms with E-state index in [1.807, 2.05) is 23.6 Å². The molecule has 0 saturated heterocycles. The van der Waals surface area contributed by atoms with Gasteiger partial charge < -0.3 is 15.4 Å². The maximum absolute atomic E-state index is 12.2. The van der Waals surface area contributed by atoms with Crippen molar-refractivity contribution in [3.8, 4) is 5.75 Å². The summed E-state index contributed by atoms with van der Waals surface area (Å²) in [6.07, 6.45) is 1.00. The highest BCUT2D eigenvalue weighted by molar-refractivity contribution is 7.12. The summed E-state index contributed by atoms with van der Waals surface area (Å²) < 4.78 is 5.16. The molecule has 0 fully saturated rings. The van der Waals surface area contributed by atoms with Crippen molar-refractivity contribution in [1.29, 1.82) is 0 Å². The van der Waals surface area contributed by atoms with Crippen LogP contribution in [0.3, 0.4) is 0 Å². The van der Waals surface area contributed by atoms with Crippen LogP contribution in [-0.2, 0) is 6.42 Å². The summed E-state index contributed by atoms with van der Waals surface area (Å²) >= 11 is 1.38. The van der Waals surface area contributed by atoms with Crippen LogP contribution in [0.5, 0.6) is 5.75 Å². The number of fused-ring (bicyclic) bond motifs is 1. The quantitative estimate of drug-likeness (QED) is 0.904. The average molecular weight is 274 g/mol. The van der Waals surface area contributed by atoms with E-state index in [2.05, 4.69) is 10.6 Å². The van der Waals surface area contributed by atoms with E-state index < -0.39 is 0 Å². The van der Waals surface area contributed by atoms with E-state index in [1.165, 1.54) is 16.9 Å². The van der Waals surface area contributed by atoms with Gasteiger partial charge in [0.15, 0.2) is 0 Å². The molecule has 0 saturated carbocycles. The smallest absolute Gasteiger partial charge is 0.269 e. The van der Waals surface area contributed by atoms with Gasteiger partial charge in [-0.2, -0.15) is 0 Å². The van der Waals surface area contributed by atoms with Gasteiger partial charge in [0.2, 0.25) is 0 Å². The Labute approximate surface area is 115 Å². The first kappa shape index (κ1) is 12.0. The molecule has 3 rings (SSSR count). The molecule has 1 aliphatic rings. The summed E-state index contributed by atoms with van der Waals surface area (Å²) in [7, 11) is 1.57. The molecule has 1 aromatic heterocycles. The first-order valence-electron chi connectivity index (χ1n) is 6.07. The van der Waals surface area contributed by atoms with Crippen molar-refractivity contribution >= 4 is 28.6 Å². The average Bonchev–Trinajstić information content (AvgIpc) is 3.06. The van der Waals surface area contributed by atoms with Gasteiger partial charge in [-0.3, -0.25) is 4.79 Å². The van der Waals surface area contributed by atoms with Gasteiger partial charge in [-0.05, 0) is 41.6 Å². The Balaban J connectivity index is 1.80. The molecule has 4 nitrogen and oxygen atoms in total. The SMILES string of the molecule is COc1ccsc1C(=O)Nc1ccc2c(c1)CCN2. The largest absolute Gasteiger partial charge is 0.495 e. The topological polar surface area (TPSA) is 50.4 Å². The zero-order valence-corrected chi connectivity index (χ0v) is 11.3. The van der Waals surface area contributed by atoms with Crippen LogP contribution >= 0.6 is 11.3 Å². The minimum Gasteiger partial charge on any atom is -0.495 e. The van der Waals surface area contributed by atoms with Gasteiger partial charge in [0, 0.05) is 17.9 Å². The fraction of sp³-hybridized carbons (Fsp3) is 0.214. The first-order chi connectivity index (χ1) is 9.28. The van der Waals surface area contributed by atoms with Crippen LogP contribution in [-0.4, -0.2) is 19.6 Å². The number of thiophene rings is 1. The number of hydrogen-bond donors (Lipinski definition) is 2. The zero-order chi connectivity index (χ0) is 13.2. The molecule has 0 spiro atoms. The predicted molar refractivity (Wildman–Crippen MR) is 77.5 cm³/mol. The number of ether oxygens (including phenoxy) is 1. The monoisotopic (exact) mass is 274 g/mol. The highest BCUT2D eigenvalue weighted by atomic mass is 32.1. The van der Waals surface area contributed by atoms with Crippen molar-refractivity contribution in [2.24, 2.45) is 0 Å². The minimum absolute atomic E-state index is 0.127. The lowest BCUT2D eigenvalue weighted by atomic mass is 10.1. The summed E-state index contributed by atoms with van der Waals surface area (Å²) in [5.41, 5.74) is 3.23. The number of amides is 1. The van der Waals surface area contributed by atoms with Gasteiger partial charge in [-0.15, -0.1) is 11.3 Å². The number of benzene rings is 1. The second kappa shape index (κ2) is 4.93. The van der Waals surface area contributed by atoms with Crippen LogP contribution < -0.4 is 15.4 Å². The molecule has 2 N–H and O–H groups in total. The zero-order valence-electron chi connectivity index (χ0n) is 10.5. The van der Waals surface area contributed by atoms with E-state index in [0.29, 0.717) is 10.6 Å². The number of hydrogen-bond acceptors (Lipinski definition) is 4. The molecule has 98 valence electrons. The third-order valence-corrected chi connectivity index (χ3v) is 4.02. The third-order valence-electron chi connectivity index (χ3n) is 3.13. The van der Waals surface area contributed by atoms with Crippen molar-refractivity contribution in [2.45, 2.75) is 6.42 Å². The van der Waals surface area contributed by atoms with Gasteiger partial charge >= 0.3 is 0 Å². The summed E-state index contributed by atoms with van der Waals surface area (Å²) in [6, 6.07) is 7.73. The fourth-order valence-corrected chi connectivity index (χ4v) is 2.95. The number of carbonyl (C=O) groups is 1. The van der Waals surface area contributed by atoms with Crippen LogP contribution in [0.1, 0.15) is 15.2 Å². The Kier molecular flexibility index (Phi) is 3.13. The molecule has 1 aliphatic heterocycles. The number of carbonyl (C=O) groups excluding carboxylic acids is 1. The van der Waals surface area contributed by atoms with E-state index in [-0.39, 0.29) is 5.91 Å². The van der Waals surface area contributed by atoms with E-state index in [4.69, 9.17) is 4.74 Å². The van der Waals surface area contributed by atoms with Crippen molar-refractivity contribution in [2.75, 3.05) is 24.3 Å². The molecule has 0 atom stereocenters. The lowest BCUT2D eigenvalue weighted by molar-refractivity contribution is 0.102. The second-order valence-electron chi connectivity index (χ2n) is 4.32. The summed E-state index contributed by atoms with van der Waals surface area (Å²) in [4.78, 5) is 12.8. The molecular weight excluding hydrogens is 260 g/mol. The van der Waals surface area contributed by atoms with E-state index >= 15 is 0 Å². The van der Waals surface area contributed by atoms with Crippen LogP contribution in [0, 0.1) is 0 Å². The normalized spacial score (nSPS) is 12.7.